The topological polar surface area (TPSA) is 101 Å². The van der Waals surface area contributed by atoms with Crippen LogP contribution in [0.1, 0.15) is 49.1 Å². The third-order valence-electron chi connectivity index (χ3n) is 5.75. The zero-order valence-electron chi connectivity index (χ0n) is 19.9. The number of carbonyl (C=O) groups excluding carboxylic acids is 2. The first-order chi connectivity index (χ1) is 16.8. The molecule has 0 saturated carbocycles. The van der Waals surface area contributed by atoms with Gasteiger partial charge >= 0.3 is 12.1 Å². The Bertz CT molecular complexity index is 1240. The molecule has 3 aromatic rings. The van der Waals surface area contributed by atoms with Crippen LogP contribution in [-0.4, -0.2) is 35.3 Å². The number of amides is 1. The molecule has 1 amide bonds. The molecular formula is C28H27N3O4. The molecule has 7 heteroatoms. The van der Waals surface area contributed by atoms with Crippen molar-refractivity contribution in [2.75, 3.05) is 6.61 Å². The molecule has 4 rings (SSSR count). The average Bonchev–Trinajstić information content (AvgIpc) is 3.15. The van der Waals surface area contributed by atoms with Crippen LogP contribution in [0, 0.1) is 11.3 Å². The average molecular weight is 470 g/mol. The highest BCUT2D eigenvalue weighted by Crippen LogP contribution is 2.44. The minimum Gasteiger partial charge on any atom is -0.458 e. The van der Waals surface area contributed by atoms with Gasteiger partial charge in [-0.1, -0.05) is 54.6 Å². The van der Waals surface area contributed by atoms with Crippen molar-refractivity contribution in [2.45, 2.75) is 44.8 Å². The minimum atomic E-state index is -1.04. The van der Waals surface area contributed by atoms with Crippen LogP contribution in [0.3, 0.4) is 0 Å². The molecule has 2 aromatic carbocycles. The van der Waals surface area contributed by atoms with Crippen LogP contribution >= 0.6 is 0 Å². The van der Waals surface area contributed by atoms with E-state index in [9.17, 15) is 14.9 Å². The second-order valence-electron chi connectivity index (χ2n) is 9.38. The standard InChI is InChI=1S/C28H27N3O4/c1-28(2,3)35-26(32)24(15-18-9-8-14-30-25(18)16-29)31-27(33)34-17-23-21-12-6-4-10-19(21)20-11-5-7-13-22(20)23/h4-14,23-24H,15,17H2,1-3H3,(H,31,33)/t24-/m0/s1. The van der Waals surface area contributed by atoms with Crippen molar-refractivity contribution < 1.29 is 19.1 Å². The number of carbonyl (C=O) groups is 2. The molecule has 0 spiro atoms. The number of esters is 1. The van der Waals surface area contributed by atoms with Gasteiger partial charge < -0.3 is 14.8 Å². The molecule has 1 heterocycles. The molecule has 0 fully saturated rings. The fraction of sp³-hybridized carbons (Fsp3) is 0.286. The van der Waals surface area contributed by atoms with Crippen LogP contribution in [0.25, 0.3) is 11.1 Å². The number of ether oxygens (including phenoxy) is 2. The molecule has 1 atom stereocenters. The summed E-state index contributed by atoms with van der Waals surface area (Å²) in [4.78, 5) is 29.8. The lowest BCUT2D eigenvalue weighted by molar-refractivity contribution is -0.157. The number of aromatic nitrogens is 1. The molecule has 0 bridgehead atoms. The van der Waals surface area contributed by atoms with Crippen LogP contribution in [0.5, 0.6) is 0 Å². The summed E-state index contributed by atoms with van der Waals surface area (Å²) >= 11 is 0. The summed E-state index contributed by atoms with van der Waals surface area (Å²) in [6, 6.07) is 20.5. The molecule has 0 unspecified atom stereocenters. The molecule has 1 N–H and O–H groups in total. The number of rotatable bonds is 6. The maximum Gasteiger partial charge on any atom is 0.407 e. The highest BCUT2D eigenvalue weighted by atomic mass is 16.6. The second-order valence-corrected chi connectivity index (χ2v) is 9.38. The number of hydrogen-bond acceptors (Lipinski definition) is 6. The maximum atomic E-state index is 12.9. The van der Waals surface area contributed by atoms with E-state index in [2.05, 4.69) is 22.4 Å². The van der Waals surface area contributed by atoms with Crippen LogP contribution in [0.15, 0.2) is 66.9 Å². The van der Waals surface area contributed by atoms with Gasteiger partial charge in [-0.15, -0.1) is 0 Å². The summed E-state index contributed by atoms with van der Waals surface area (Å²) in [6.45, 7) is 5.37. The molecule has 7 nitrogen and oxygen atoms in total. The molecule has 1 aromatic heterocycles. The number of nitrogens with zero attached hydrogens (tertiary/aromatic N) is 2. The van der Waals surface area contributed by atoms with Crippen molar-refractivity contribution in [1.29, 1.82) is 5.26 Å². The van der Waals surface area contributed by atoms with Crippen molar-refractivity contribution in [3.8, 4) is 17.2 Å². The zero-order chi connectivity index (χ0) is 25.0. The van der Waals surface area contributed by atoms with Gasteiger partial charge in [-0.25, -0.2) is 14.6 Å². The third-order valence-corrected chi connectivity index (χ3v) is 5.75. The molecule has 0 aliphatic heterocycles. The Kier molecular flexibility index (Phi) is 6.83. The highest BCUT2D eigenvalue weighted by Gasteiger charge is 2.31. The molecule has 35 heavy (non-hydrogen) atoms. The smallest absolute Gasteiger partial charge is 0.407 e. The van der Waals surface area contributed by atoms with E-state index < -0.39 is 23.7 Å². The Labute approximate surface area is 204 Å². The lowest BCUT2D eigenvalue weighted by Gasteiger charge is -2.25. The summed E-state index contributed by atoms with van der Waals surface area (Å²) in [7, 11) is 0. The van der Waals surface area contributed by atoms with Gasteiger partial charge in [0.15, 0.2) is 0 Å². The first-order valence-electron chi connectivity index (χ1n) is 11.4. The number of pyridine rings is 1. The number of alkyl carbamates (subject to hydrolysis) is 1. The molecule has 1 aliphatic rings. The zero-order valence-corrected chi connectivity index (χ0v) is 19.9. The van der Waals surface area contributed by atoms with Crippen LogP contribution in [-0.2, 0) is 20.7 Å². The van der Waals surface area contributed by atoms with Gasteiger partial charge in [0.05, 0.1) is 0 Å². The number of nitrogens with one attached hydrogen (secondary N) is 1. The summed E-state index contributed by atoms with van der Waals surface area (Å²) < 4.78 is 11.1. The van der Waals surface area contributed by atoms with Gasteiger partial charge in [0.25, 0.3) is 0 Å². The summed E-state index contributed by atoms with van der Waals surface area (Å²) in [6.07, 6.45) is 0.824. The lowest BCUT2D eigenvalue weighted by atomic mass is 9.98. The first-order valence-corrected chi connectivity index (χ1v) is 11.4. The van der Waals surface area contributed by atoms with Crippen molar-refractivity contribution in [3.05, 3.63) is 89.2 Å². The Balaban J connectivity index is 1.49. The van der Waals surface area contributed by atoms with Crippen LogP contribution in [0.4, 0.5) is 4.79 Å². The summed E-state index contributed by atoms with van der Waals surface area (Å²) in [5.74, 6) is -0.713. The van der Waals surface area contributed by atoms with Gasteiger partial charge in [0.2, 0.25) is 0 Å². The van der Waals surface area contributed by atoms with E-state index in [-0.39, 0.29) is 24.6 Å². The fourth-order valence-corrected chi connectivity index (χ4v) is 4.27. The Morgan fingerprint density at radius 2 is 1.66 bits per heavy atom. The number of benzene rings is 2. The van der Waals surface area contributed by atoms with E-state index in [0.29, 0.717) is 5.56 Å². The van der Waals surface area contributed by atoms with Gasteiger partial charge in [0.1, 0.15) is 30.0 Å². The van der Waals surface area contributed by atoms with E-state index in [1.807, 2.05) is 42.5 Å². The quantitative estimate of drug-likeness (QED) is 0.523. The Morgan fingerprint density at radius 1 is 1.03 bits per heavy atom. The Morgan fingerprint density at radius 3 is 2.26 bits per heavy atom. The van der Waals surface area contributed by atoms with E-state index in [1.54, 1.807) is 32.9 Å². The third kappa shape index (κ3) is 5.49. The largest absolute Gasteiger partial charge is 0.458 e. The highest BCUT2D eigenvalue weighted by molar-refractivity contribution is 5.82. The van der Waals surface area contributed by atoms with E-state index >= 15 is 0 Å². The van der Waals surface area contributed by atoms with Gasteiger partial charge in [0, 0.05) is 18.5 Å². The first kappa shape index (κ1) is 24.0. The van der Waals surface area contributed by atoms with E-state index in [0.717, 1.165) is 22.3 Å². The normalized spacial score (nSPS) is 13.2. The van der Waals surface area contributed by atoms with Crippen LogP contribution < -0.4 is 5.32 Å². The number of fused-ring (bicyclic) bond motifs is 3. The number of hydrogen-bond donors (Lipinski definition) is 1. The van der Waals surface area contributed by atoms with E-state index in [4.69, 9.17) is 9.47 Å². The molecule has 1 aliphatic carbocycles. The van der Waals surface area contributed by atoms with Gasteiger partial charge in [-0.2, -0.15) is 5.26 Å². The van der Waals surface area contributed by atoms with Gasteiger partial charge in [-0.05, 0) is 54.7 Å². The predicted octanol–water partition coefficient (Wildman–Crippen LogP) is 4.74. The molecular weight excluding hydrogens is 442 g/mol. The van der Waals surface area contributed by atoms with Crippen molar-refractivity contribution in [3.63, 3.8) is 0 Å². The van der Waals surface area contributed by atoms with Crippen LogP contribution in [0.2, 0.25) is 0 Å². The number of nitriles is 1. The summed E-state index contributed by atoms with van der Waals surface area (Å²) in [5, 5.41) is 12.0. The molecule has 0 saturated heterocycles. The molecule has 178 valence electrons. The SMILES string of the molecule is CC(C)(C)OC(=O)[C@H](Cc1cccnc1C#N)NC(=O)OCC1c2ccccc2-c2ccccc21. The van der Waals surface area contributed by atoms with E-state index in [1.165, 1.54) is 6.20 Å². The lowest BCUT2D eigenvalue weighted by Crippen LogP contribution is -2.46. The minimum absolute atomic E-state index is 0.0514. The van der Waals surface area contributed by atoms with Gasteiger partial charge in [-0.3, -0.25) is 0 Å². The fourth-order valence-electron chi connectivity index (χ4n) is 4.27. The molecule has 0 radical (unpaired) electrons. The Hall–Kier alpha value is -4.18. The maximum absolute atomic E-state index is 12.9. The summed E-state index contributed by atoms with van der Waals surface area (Å²) in [5.41, 5.74) is 4.43. The predicted molar refractivity (Wildman–Crippen MR) is 130 cm³/mol. The van der Waals surface area contributed by atoms with Crippen molar-refractivity contribution >= 4 is 12.1 Å². The second kappa shape index (κ2) is 9.98. The van der Waals surface area contributed by atoms with Crippen molar-refractivity contribution in [2.24, 2.45) is 0 Å². The monoisotopic (exact) mass is 469 g/mol. The van der Waals surface area contributed by atoms with Crippen molar-refractivity contribution in [1.82, 2.24) is 10.3 Å².